The van der Waals surface area contributed by atoms with Crippen LogP contribution in [0.15, 0.2) is 5.16 Å². The zero-order valence-corrected chi connectivity index (χ0v) is 11.5. The molecule has 0 aliphatic carbocycles. The Labute approximate surface area is 104 Å². The Kier molecular flexibility index (Phi) is 6.49. The highest BCUT2D eigenvalue weighted by molar-refractivity contribution is 5.85. The average molecular weight is 245 g/mol. The highest BCUT2D eigenvalue weighted by Crippen LogP contribution is 2.23. The lowest BCUT2D eigenvalue weighted by Crippen LogP contribution is -2.35. The number of aliphatic hydroxyl groups is 1. The van der Waals surface area contributed by atoms with Crippen molar-refractivity contribution in [3.63, 3.8) is 0 Å². The first-order chi connectivity index (χ1) is 7.69. The van der Waals surface area contributed by atoms with Crippen LogP contribution < -0.4 is 11.1 Å². The van der Waals surface area contributed by atoms with Crippen molar-refractivity contribution in [1.82, 2.24) is 5.32 Å². The number of nitrogens with zero attached hydrogens (tertiary/aromatic N) is 1. The van der Waals surface area contributed by atoms with Gasteiger partial charge in [-0.25, -0.2) is 0 Å². The standard InChI is InChI=1S/C12H27N3O2/c1-11(2,10(13)15-17)7-5-6-8-14-9-12(3,4)16/h14,16-17H,5-9H2,1-4H3,(H2,13,15). The largest absolute Gasteiger partial charge is 0.409 e. The van der Waals surface area contributed by atoms with Gasteiger partial charge in [0.25, 0.3) is 0 Å². The third-order valence-electron chi connectivity index (χ3n) is 2.76. The minimum absolute atomic E-state index is 0.259. The van der Waals surface area contributed by atoms with Crippen LogP contribution in [0, 0.1) is 5.41 Å². The van der Waals surface area contributed by atoms with Crippen molar-refractivity contribution in [2.45, 2.75) is 52.6 Å². The molecule has 0 heterocycles. The lowest BCUT2D eigenvalue weighted by molar-refractivity contribution is 0.0798. The highest BCUT2D eigenvalue weighted by atomic mass is 16.4. The van der Waals surface area contributed by atoms with Gasteiger partial charge in [0.05, 0.1) is 5.60 Å². The Morgan fingerprint density at radius 3 is 2.29 bits per heavy atom. The van der Waals surface area contributed by atoms with Crippen molar-refractivity contribution >= 4 is 5.84 Å². The molecule has 0 aromatic heterocycles. The summed E-state index contributed by atoms with van der Waals surface area (Å²) >= 11 is 0. The third-order valence-corrected chi connectivity index (χ3v) is 2.76. The summed E-state index contributed by atoms with van der Waals surface area (Å²) in [5, 5.41) is 24.4. The van der Waals surface area contributed by atoms with E-state index in [4.69, 9.17) is 10.9 Å². The fourth-order valence-corrected chi connectivity index (χ4v) is 1.47. The van der Waals surface area contributed by atoms with Crippen LogP contribution in [0.5, 0.6) is 0 Å². The molecule has 5 nitrogen and oxygen atoms in total. The molecule has 0 rings (SSSR count). The average Bonchev–Trinajstić information content (AvgIpc) is 2.20. The molecule has 0 aromatic carbocycles. The van der Waals surface area contributed by atoms with Crippen molar-refractivity contribution in [2.75, 3.05) is 13.1 Å². The molecule has 0 bridgehead atoms. The van der Waals surface area contributed by atoms with Crippen molar-refractivity contribution < 1.29 is 10.3 Å². The predicted molar refractivity (Wildman–Crippen MR) is 70.2 cm³/mol. The van der Waals surface area contributed by atoms with Gasteiger partial charge in [0.15, 0.2) is 0 Å². The van der Waals surface area contributed by atoms with Crippen LogP contribution in [0.4, 0.5) is 0 Å². The van der Waals surface area contributed by atoms with Gasteiger partial charge in [-0.05, 0) is 33.2 Å². The summed E-state index contributed by atoms with van der Waals surface area (Å²) in [7, 11) is 0. The first kappa shape index (κ1) is 16.2. The second-order valence-electron chi connectivity index (χ2n) is 5.82. The Hall–Kier alpha value is -0.810. The van der Waals surface area contributed by atoms with Gasteiger partial charge in [-0.1, -0.05) is 25.4 Å². The Morgan fingerprint density at radius 1 is 1.24 bits per heavy atom. The maximum atomic E-state index is 9.49. The summed E-state index contributed by atoms with van der Waals surface area (Å²) in [6.07, 6.45) is 2.90. The number of hydrogen-bond donors (Lipinski definition) is 4. The van der Waals surface area contributed by atoms with E-state index in [2.05, 4.69) is 10.5 Å². The van der Waals surface area contributed by atoms with E-state index in [1.165, 1.54) is 0 Å². The van der Waals surface area contributed by atoms with Gasteiger partial charge < -0.3 is 21.4 Å². The summed E-state index contributed by atoms with van der Waals surface area (Å²) in [6, 6.07) is 0. The molecule has 102 valence electrons. The number of rotatable bonds is 8. The third kappa shape index (κ3) is 7.99. The fourth-order valence-electron chi connectivity index (χ4n) is 1.47. The van der Waals surface area contributed by atoms with Crippen LogP contribution in [0.25, 0.3) is 0 Å². The molecular weight excluding hydrogens is 218 g/mol. The molecule has 5 N–H and O–H groups in total. The van der Waals surface area contributed by atoms with E-state index in [-0.39, 0.29) is 11.3 Å². The van der Waals surface area contributed by atoms with E-state index in [1.807, 2.05) is 13.8 Å². The van der Waals surface area contributed by atoms with Crippen molar-refractivity contribution in [3.8, 4) is 0 Å². The smallest absolute Gasteiger partial charge is 0.144 e. The van der Waals surface area contributed by atoms with Crippen LogP contribution in [0.3, 0.4) is 0 Å². The van der Waals surface area contributed by atoms with Crippen LogP contribution in [0.2, 0.25) is 0 Å². The fraction of sp³-hybridized carbons (Fsp3) is 0.917. The monoisotopic (exact) mass is 245 g/mol. The van der Waals surface area contributed by atoms with Gasteiger partial charge in [0.2, 0.25) is 0 Å². The number of hydrogen-bond acceptors (Lipinski definition) is 4. The number of oxime groups is 1. The van der Waals surface area contributed by atoms with Gasteiger partial charge in [-0.3, -0.25) is 0 Å². The van der Waals surface area contributed by atoms with E-state index in [0.29, 0.717) is 6.54 Å². The lowest BCUT2D eigenvalue weighted by Gasteiger charge is -2.23. The topological polar surface area (TPSA) is 90.9 Å². The Balaban J connectivity index is 3.65. The Morgan fingerprint density at radius 2 is 1.82 bits per heavy atom. The molecule has 0 amide bonds. The molecule has 0 aromatic rings. The van der Waals surface area contributed by atoms with E-state index in [0.717, 1.165) is 25.8 Å². The molecule has 0 aliphatic rings. The SMILES string of the molecule is CC(C)(O)CNCCCCC(C)(C)C(N)=NO. The second-order valence-corrected chi connectivity index (χ2v) is 5.82. The first-order valence-corrected chi connectivity index (χ1v) is 6.10. The van der Waals surface area contributed by atoms with Crippen molar-refractivity contribution in [1.29, 1.82) is 0 Å². The molecule has 0 saturated carbocycles. The molecule has 0 unspecified atom stereocenters. The summed E-state index contributed by atoms with van der Waals surface area (Å²) in [4.78, 5) is 0. The maximum absolute atomic E-state index is 9.49. The second kappa shape index (κ2) is 6.81. The Bertz CT molecular complexity index is 245. The van der Waals surface area contributed by atoms with E-state index in [9.17, 15) is 5.11 Å². The van der Waals surface area contributed by atoms with Gasteiger partial charge in [0, 0.05) is 12.0 Å². The van der Waals surface area contributed by atoms with Gasteiger partial charge in [0.1, 0.15) is 5.84 Å². The van der Waals surface area contributed by atoms with Crippen molar-refractivity contribution in [2.24, 2.45) is 16.3 Å². The lowest BCUT2D eigenvalue weighted by atomic mass is 9.86. The van der Waals surface area contributed by atoms with E-state index >= 15 is 0 Å². The van der Waals surface area contributed by atoms with Gasteiger partial charge in [-0.15, -0.1) is 0 Å². The first-order valence-electron chi connectivity index (χ1n) is 6.10. The quantitative estimate of drug-likeness (QED) is 0.170. The zero-order chi connectivity index (χ0) is 13.5. The summed E-state index contributed by atoms with van der Waals surface area (Å²) in [5.41, 5.74) is 4.68. The zero-order valence-electron chi connectivity index (χ0n) is 11.5. The number of unbranched alkanes of at least 4 members (excludes halogenated alkanes) is 1. The predicted octanol–water partition coefficient (Wildman–Crippen LogP) is 1.29. The molecule has 0 radical (unpaired) electrons. The molecule has 0 atom stereocenters. The molecular formula is C12H27N3O2. The molecule has 0 aliphatic heterocycles. The van der Waals surface area contributed by atoms with Crippen LogP contribution in [-0.2, 0) is 0 Å². The number of nitrogens with two attached hydrogens (primary N) is 1. The van der Waals surface area contributed by atoms with E-state index in [1.54, 1.807) is 13.8 Å². The van der Waals surface area contributed by atoms with Crippen LogP contribution >= 0.6 is 0 Å². The minimum atomic E-state index is -0.659. The summed E-state index contributed by atoms with van der Waals surface area (Å²) in [6.45, 7) is 8.95. The van der Waals surface area contributed by atoms with E-state index < -0.39 is 5.60 Å². The molecule has 0 saturated heterocycles. The summed E-state index contributed by atoms with van der Waals surface area (Å²) in [5.74, 6) is 0.280. The molecule has 0 spiro atoms. The van der Waals surface area contributed by atoms with Gasteiger partial charge in [-0.2, -0.15) is 0 Å². The molecule has 0 fully saturated rings. The highest BCUT2D eigenvalue weighted by Gasteiger charge is 2.22. The normalized spacial score (nSPS) is 14.1. The number of nitrogens with one attached hydrogen (secondary N) is 1. The van der Waals surface area contributed by atoms with Crippen molar-refractivity contribution in [3.05, 3.63) is 0 Å². The maximum Gasteiger partial charge on any atom is 0.144 e. The molecule has 17 heavy (non-hydrogen) atoms. The van der Waals surface area contributed by atoms with Gasteiger partial charge >= 0.3 is 0 Å². The van der Waals surface area contributed by atoms with Crippen LogP contribution in [-0.4, -0.2) is 34.8 Å². The number of amidine groups is 1. The molecule has 5 heteroatoms. The minimum Gasteiger partial charge on any atom is -0.409 e. The summed E-state index contributed by atoms with van der Waals surface area (Å²) < 4.78 is 0. The van der Waals surface area contributed by atoms with Crippen LogP contribution in [0.1, 0.15) is 47.0 Å².